The van der Waals surface area contributed by atoms with E-state index in [2.05, 4.69) is 28.9 Å². The second-order valence-electron chi connectivity index (χ2n) is 4.44. The van der Waals surface area contributed by atoms with E-state index in [4.69, 9.17) is 14.2 Å². The third kappa shape index (κ3) is 2.68. The zero-order chi connectivity index (χ0) is 14.0. The second-order valence-corrected chi connectivity index (χ2v) is 7.13. The summed E-state index contributed by atoms with van der Waals surface area (Å²) in [5.74, 6) is 3.35. The van der Waals surface area contributed by atoms with Crippen LogP contribution >= 0.6 is 27.7 Å². The molecule has 1 aliphatic heterocycles. The maximum absolute atomic E-state index is 5.62. The number of benzene rings is 1. The van der Waals surface area contributed by atoms with Crippen LogP contribution < -0.4 is 14.2 Å². The first-order chi connectivity index (χ1) is 9.13. The van der Waals surface area contributed by atoms with Crippen molar-refractivity contribution in [2.24, 2.45) is 0 Å². The molecule has 106 valence electrons. The molecule has 0 amide bonds. The summed E-state index contributed by atoms with van der Waals surface area (Å²) in [6.45, 7) is 2.17. The van der Waals surface area contributed by atoms with Gasteiger partial charge in [0.25, 0.3) is 0 Å². The normalized spacial score (nSPS) is 19.5. The van der Waals surface area contributed by atoms with E-state index >= 15 is 0 Å². The highest BCUT2D eigenvalue weighted by Crippen LogP contribution is 2.52. The Balaban J connectivity index is 2.65. The third-order valence-electron chi connectivity index (χ3n) is 3.32. The van der Waals surface area contributed by atoms with Crippen molar-refractivity contribution >= 4 is 27.7 Å². The fourth-order valence-electron chi connectivity index (χ4n) is 2.49. The van der Waals surface area contributed by atoms with Gasteiger partial charge in [0.2, 0.25) is 5.75 Å². The molecule has 0 fully saturated rings. The lowest BCUT2D eigenvalue weighted by Crippen LogP contribution is -2.16. The summed E-state index contributed by atoms with van der Waals surface area (Å²) in [5, 5.41) is 0.374. The zero-order valence-electron chi connectivity index (χ0n) is 11.7. The minimum atomic E-state index is 0.374. The molecule has 0 saturated carbocycles. The number of ether oxygens (including phenoxy) is 3. The highest BCUT2D eigenvalue weighted by atomic mass is 79.9. The van der Waals surface area contributed by atoms with Crippen molar-refractivity contribution in [3.63, 3.8) is 0 Å². The quantitative estimate of drug-likeness (QED) is 0.774. The molecule has 19 heavy (non-hydrogen) atoms. The summed E-state index contributed by atoms with van der Waals surface area (Å²) in [6, 6.07) is 2.08. The van der Waals surface area contributed by atoms with Crippen molar-refractivity contribution in [3.8, 4) is 17.2 Å². The summed E-state index contributed by atoms with van der Waals surface area (Å²) >= 11 is 5.66. The number of hydrogen-bond acceptors (Lipinski definition) is 4. The van der Waals surface area contributed by atoms with Gasteiger partial charge in [0, 0.05) is 15.6 Å². The number of methoxy groups -OCH3 is 3. The molecule has 0 spiro atoms. The molecule has 0 radical (unpaired) electrons. The van der Waals surface area contributed by atoms with E-state index in [1.165, 1.54) is 11.1 Å². The molecule has 1 aromatic carbocycles. The van der Waals surface area contributed by atoms with Crippen LogP contribution in [0.4, 0.5) is 0 Å². The number of thioether (sulfide) groups is 1. The molecular weight excluding hydrogens is 328 g/mol. The van der Waals surface area contributed by atoms with Crippen LogP contribution in [0.5, 0.6) is 17.2 Å². The average molecular weight is 347 g/mol. The number of alkyl halides is 1. The summed E-state index contributed by atoms with van der Waals surface area (Å²) in [7, 11) is 4.99. The molecule has 0 saturated heterocycles. The van der Waals surface area contributed by atoms with Crippen molar-refractivity contribution in [1.82, 2.24) is 0 Å². The van der Waals surface area contributed by atoms with Gasteiger partial charge in [-0.2, -0.15) is 11.8 Å². The van der Waals surface area contributed by atoms with Crippen LogP contribution in [0, 0.1) is 0 Å². The topological polar surface area (TPSA) is 27.7 Å². The van der Waals surface area contributed by atoms with Gasteiger partial charge in [0.15, 0.2) is 11.5 Å². The molecule has 0 aliphatic carbocycles. The molecule has 0 aromatic heterocycles. The Bertz CT molecular complexity index is 462. The van der Waals surface area contributed by atoms with Crippen molar-refractivity contribution in [2.45, 2.75) is 23.4 Å². The van der Waals surface area contributed by atoms with E-state index < -0.39 is 0 Å². The Labute approximate surface area is 127 Å². The SMILES string of the molecule is COc1cc2c(c(OC)c1OC)C(C(C)Br)SCC2. The predicted molar refractivity (Wildman–Crippen MR) is 83.4 cm³/mol. The van der Waals surface area contributed by atoms with Crippen LogP contribution in [0.3, 0.4) is 0 Å². The van der Waals surface area contributed by atoms with E-state index in [0.29, 0.717) is 15.8 Å². The van der Waals surface area contributed by atoms with Crippen molar-refractivity contribution in [1.29, 1.82) is 0 Å². The van der Waals surface area contributed by atoms with E-state index in [0.717, 1.165) is 23.7 Å². The summed E-state index contributed by atoms with van der Waals surface area (Å²) < 4.78 is 16.5. The molecule has 3 nitrogen and oxygen atoms in total. The Morgan fingerprint density at radius 1 is 1.21 bits per heavy atom. The van der Waals surface area contributed by atoms with E-state index in [9.17, 15) is 0 Å². The molecule has 0 N–H and O–H groups in total. The van der Waals surface area contributed by atoms with E-state index in [-0.39, 0.29) is 0 Å². The number of halogens is 1. The maximum Gasteiger partial charge on any atom is 0.203 e. The smallest absolute Gasteiger partial charge is 0.203 e. The molecule has 1 heterocycles. The Morgan fingerprint density at radius 3 is 2.42 bits per heavy atom. The fourth-order valence-corrected chi connectivity index (χ4v) is 4.49. The van der Waals surface area contributed by atoms with Gasteiger partial charge in [-0.15, -0.1) is 0 Å². The molecule has 2 unspecified atom stereocenters. The van der Waals surface area contributed by atoms with Gasteiger partial charge in [0.05, 0.1) is 21.3 Å². The van der Waals surface area contributed by atoms with Crippen LogP contribution in [0.15, 0.2) is 6.07 Å². The number of fused-ring (bicyclic) bond motifs is 1. The molecule has 1 aliphatic rings. The van der Waals surface area contributed by atoms with E-state index in [1.807, 2.05) is 11.8 Å². The Hall–Kier alpha value is -0.550. The van der Waals surface area contributed by atoms with Gasteiger partial charge in [-0.05, 0) is 23.8 Å². The van der Waals surface area contributed by atoms with Gasteiger partial charge in [-0.1, -0.05) is 22.9 Å². The molecule has 0 bridgehead atoms. The minimum absolute atomic E-state index is 0.374. The lowest BCUT2D eigenvalue weighted by Gasteiger charge is -2.30. The monoisotopic (exact) mass is 346 g/mol. The number of rotatable bonds is 4. The first-order valence-electron chi connectivity index (χ1n) is 6.21. The Kier molecular flexibility index (Phi) is 4.90. The van der Waals surface area contributed by atoms with Crippen LogP contribution in [0.1, 0.15) is 23.3 Å². The number of hydrogen-bond donors (Lipinski definition) is 0. The van der Waals surface area contributed by atoms with Gasteiger partial charge in [0.1, 0.15) is 0 Å². The van der Waals surface area contributed by atoms with Crippen LogP contribution in [0.25, 0.3) is 0 Å². The second kappa shape index (κ2) is 6.27. The van der Waals surface area contributed by atoms with Gasteiger partial charge >= 0.3 is 0 Å². The van der Waals surface area contributed by atoms with Crippen molar-refractivity contribution in [3.05, 3.63) is 17.2 Å². The van der Waals surface area contributed by atoms with Crippen molar-refractivity contribution in [2.75, 3.05) is 27.1 Å². The minimum Gasteiger partial charge on any atom is -0.493 e. The molecule has 2 atom stereocenters. The molecule has 1 aromatic rings. The van der Waals surface area contributed by atoms with Crippen LogP contribution in [0.2, 0.25) is 0 Å². The average Bonchev–Trinajstić information content (AvgIpc) is 2.43. The fraction of sp³-hybridized carbons (Fsp3) is 0.571. The van der Waals surface area contributed by atoms with Gasteiger partial charge in [-0.25, -0.2) is 0 Å². The summed E-state index contributed by atoms with van der Waals surface area (Å²) in [6.07, 6.45) is 1.03. The van der Waals surface area contributed by atoms with Gasteiger partial charge in [-0.3, -0.25) is 0 Å². The third-order valence-corrected chi connectivity index (χ3v) is 5.65. The number of aryl methyl sites for hydroxylation is 1. The van der Waals surface area contributed by atoms with Crippen molar-refractivity contribution < 1.29 is 14.2 Å². The molecular formula is C14H19BrO3S. The first-order valence-corrected chi connectivity index (χ1v) is 8.17. The molecule has 2 rings (SSSR count). The standard InChI is InChI=1S/C14H19BrO3S/c1-8(15)14-11-9(5-6-19-14)7-10(16-2)12(17-3)13(11)18-4/h7-8,14H,5-6H2,1-4H3. The predicted octanol–water partition coefficient (Wildman–Crippen LogP) is 3.83. The van der Waals surface area contributed by atoms with Gasteiger partial charge < -0.3 is 14.2 Å². The zero-order valence-corrected chi connectivity index (χ0v) is 14.1. The van der Waals surface area contributed by atoms with Crippen LogP contribution in [-0.4, -0.2) is 31.9 Å². The maximum atomic E-state index is 5.62. The largest absolute Gasteiger partial charge is 0.493 e. The highest BCUT2D eigenvalue weighted by molar-refractivity contribution is 9.09. The highest BCUT2D eigenvalue weighted by Gasteiger charge is 2.31. The molecule has 5 heteroatoms. The van der Waals surface area contributed by atoms with E-state index in [1.54, 1.807) is 21.3 Å². The van der Waals surface area contributed by atoms with Crippen LogP contribution in [-0.2, 0) is 6.42 Å². The Morgan fingerprint density at radius 2 is 1.89 bits per heavy atom. The lowest BCUT2D eigenvalue weighted by molar-refractivity contribution is 0.321. The first kappa shape index (κ1) is 14.9. The lowest BCUT2D eigenvalue weighted by atomic mass is 9.97. The summed E-state index contributed by atoms with van der Waals surface area (Å²) in [5.41, 5.74) is 2.53. The summed E-state index contributed by atoms with van der Waals surface area (Å²) in [4.78, 5) is 0.378.